The second-order valence-corrected chi connectivity index (χ2v) is 5.50. The Morgan fingerprint density at radius 1 is 1.44 bits per heavy atom. The van der Waals surface area contributed by atoms with Gasteiger partial charge in [0.25, 0.3) is 0 Å². The van der Waals surface area contributed by atoms with Crippen LogP contribution in [0.15, 0.2) is 34.9 Å². The standard InChI is InChI=1S/C13H13BrN2O2/c1-13(2,12(17)18)11-15-7-10(16-11)8-4-3-5-9(14)6-8/h3-7H,1-2H3,(H,15,16)(H,17,18). The van der Waals surface area contributed by atoms with Crippen molar-refractivity contribution in [2.75, 3.05) is 0 Å². The van der Waals surface area contributed by atoms with Crippen LogP contribution in [0.3, 0.4) is 0 Å². The van der Waals surface area contributed by atoms with E-state index in [0.717, 1.165) is 15.7 Å². The van der Waals surface area contributed by atoms with Crippen molar-refractivity contribution in [3.63, 3.8) is 0 Å². The third-order valence-corrected chi connectivity index (χ3v) is 3.33. The lowest BCUT2D eigenvalue weighted by Gasteiger charge is -2.15. The molecule has 2 rings (SSSR count). The molecule has 0 radical (unpaired) electrons. The van der Waals surface area contributed by atoms with Gasteiger partial charge in [-0.2, -0.15) is 0 Å². The number of carboxylic acid groups (broad SMARTS) is 1. The molecular formula is C13H13BrN2O2. The predicted molar refractivity (Wildman–Crippen MR) is 72.4 cm³/mol. The van der Waals surface area contributed by atoms with Gasteiger partial charge in [-0.05, 0) is 26.0 Å². The highest BCUT2D eigenvalue weighted by molar-refractivity contribution is 9.10. The molecule has 5 heteroatoms. The van der Waals surface area contributed by atoms with E-state index in [1.54, 1.807) is 20.0 Å². The van der Waals surface area contributed by atoms with Gasteiger partial charge in [-0.25, -0.2) is 4.98 Å². The molecule has 94 valence electrons. The second-order valence-electron chi connectivity index (χ2n) is 4.59. The maximum Gasteiger partial charge on any atom is 0.316 e. The molecule has 0 fully saturated rings. The van der Waals surface area contributed by atoms with Gasteiger partial charge in [0.2, 0.25) is 0 Å². The molecule has 0 aliphatic carbocycles. The number of halogens is 1. The molecule has 0 spiro atoms. The third-order valence-electron chi connectivity index (χ3n) is 2.84. The zero-order chi connectivity index (χ0) is 13.3. The summed E-state index contributed by atoms with van der Waals surface area (Å²) in [5.74, 6) is -0.456. The van der Waals surface area contributed by atoms with Crippen molar-refractivity contribution >= 4 is 21.9 Å². The lowest BCUT2D eigenvalue weighted by molar-refractivity contribution is -0.142. The molecule has 18 heavy (non-hydrogen) atoms. The summed E-state index contributed by atoms with van der Waals surface area (Å²) in [5, 5.41) is 9.15. The monoisotopic (exact) mass is 308 g/mol. The van der Waals surface area contributed by atoms with Gasteiger partial charge < -0.3 is 10.1 Å². The van der Waals surface area contributed by atoms with E-state index in [9.17, 15) is 4.79 Å². The minimum Gasteiger partial charge on any atom is -0.481 e. The van der Waals surface area contributed by atoms with Gasteiger partial charge >= 0.3 is 5.97 Å². The maximum atomic E-state index is 11.2. The smallest absolute Gasteiger partial charge is 0.316 e. The largest absolute Gasteiger partial charge is 0.481 e. The Labute approximate surface area is 113 Å². The first kappa shape index (κ1) is 12.8. The highest BCUT2D eigenvalue weighted by Crippen LogP contribution is 2.25. The molecule has 1 aromatic heterocycles. The van der Waals surface area contributed by atoms with Gasteiger partial charge in [-0.1, -0.05) is 28.1 Å². The summed E-state index contributed by atoms with van der Waals surface area (Å²) in [6.07, 6.45) is 1.65. The average Bonchev–Trinajstić information content (AvgIpc) is 2.78. The number of benzene rings is 1. The van der Waals surface area contributed by atoms with E-state index in [0.29, 0.717) is 5.82 Å². The number of aromatic amines is 1. The first-order valence-electron chi connectivity index (χ1n) is 5.46. The molecule has 0 amide bonds. The average molecular weight is 309 g/mol. The van der Waals surface area contributed by atoms with Crippen LogP contribution >= 0.6 is 15.9 Å². The van der Waals surface area contributed by atoms with Crippen LogP contribution in [0.5, 0.6) is 0 Å². The fourth-order valence-corrected chi connectivity index (χ4v) is 1.94. The van der Waals surface area contributed by atoms with Gasteiger partial charge in [0.1, 0.15) is 11.2 Å². The van der Waals surface area contributed by atoms with Crippen LogP contribution in [0.25, 0.3) is 11.3 Å². The van der Waals surface area contributed by atoms with E-state index in [4.69, 9.17) is 5.11 Å². The predicted octanol–water partition coefficient (Wildman–Crippen LogP) is 3.20. The second kappa shape index (κ2) is 4.57. The highest BCUT2D eigenvalue weighted by Gasteiger charge is 2.32. The first-order valence-corrected chi connectivity index (χ1v) is 6.25. The van der Waals surface area contributed by atoms with E-state index in [-0.39, 0.29) is 0 Å². The fraction of sp³-hybridized carbons (Fsp3) is 0.231. The Hall–Kier alpha value is -1.62. The number of imidazole rings is 1. The minimum atomic E-state index is -1.02. The summed E-state index contributed by atoms with van der Waals surface area (Å²) < 4.78 is 0.966. The molecule has 0 atom stereocenters. The van der Waals surface area contributed by atoms with Gasteiger partial charge in [-0.3, -0.25) is 4.79 Å². The Bertz CT molecular complexity index is 590. The summed E-state index contributed by atoms with van der Waals surface area (Å²) >= 11 is 3.40. The van der Waals surface area contributed by atoms with E-state index in [2.05, 4.69) is 25.9 Å². The molecule has 1 aromatic carbocycles. The summed E-state index contributed by atoms with van der Waals surface area (Å²) in [5.41, 5.74) is 0.745. The maximum absolute atomic E-state index is 11.2. The summed E-state index contributed by atoms with van der Waals surface area (Å²) in [6.45, 7) is 3.25. The van der Waals surface area contributed by atoms with Crippen LogP contribution in [0.1, 0.15) is 19.7 Å². The van der Waals surface area contributed by atoms with E-state index >= 15 is 0 Å². The molecule has 1 heterocycles. The van der Waals surface area contributed by atoms with Gasteiger partial charge in [0.15, 0.2) is 0 Å². The van der Waals surface area contributed by atoms with E-state index < -0.39 is 11.4 Å². The van der Waals surface area contributed by atoms with Crippen molar-refractivity contribution in [2.24, 2.45) is 0 Å². The topological polar surface area (TPSA) is 66.0 Å². The lowest BCUT2D eigenvalue weighted by atomic mass is 9.93. The van der Waals surface area contributed by atoms with Gasteiger partial charge in [0, 0.05) is 10.0 Å². The lowest BCUT2D eigenvalue weighted by Crippen LogP contribution is -2.29. The molecule has 0 bridgehead atoms. The zero-order valence-corrected chi connectivity index (χ0v) is 11.7. The molecule has 0 aliphatic rings. The van der Waals surface area contributed by atoms with Gasteiger partial charge in [-0.15, -0.1) is 0 Å². The van der Waals surface area contributed by atoms with Crippen LogP contribution in [0.2, 0.25) is 0 Å². The fourth-order valence-electron chi connectivity index (χ4n) is 1.54. The Morgan fingerprint density at radius 3 is 2.78 bits per heavy atom. The van der Waals surface area contributed by atoms with Crippen molar-refractivity contribution in [2.45, 2.75) is 19.3 Å². The zero-order valence-electron chi connectivity index (χ0n) is 10.1. The normalized spacial score (nSPS) is 11.5. The van der Waals surface area contributed by atoms with Crippen LogP contribution in [-0.4, -0.2) is 21.0 Å². The molecular weight excluding hydrogens is 296 g/mol. The van der Waals surface area contributed by atoms with Gasteiger partial charge in [0.05, 0.1) is 11.9 Å². The van der Waals surface area contributed by atoms with Crippen LogP contribution in [0, 0.1) is 0 Å². The molecule has 0 unspecified atom stereocenters. The molecule has 0 saturated carbocycles. The number of carboxylic acids is 1. The number of nitrogens with zero attached hydrogens (tertiary/aromatic N) is 1. The first-order chi connectivity index (χ1) is 8.41. The Kier molecular flexibility index (Phi) is 3.26. The van der Waals surface area contributed by atoms with Crippen molar-refractivity contribution in [3.05, 3.63) is 40.8 Å². The van der Waals surface area contributed by atoms with Crippen molar-refractivity contribution in [1.29, 1.82) is 0 Å². The number of H-pyrrole nitrogens is 1. The van der Waals surface area contributed by atoms with Crippen molar-refractivity contribution < 1.29 is 9.90 Å². The SMILES string of the molecule is CC(C)(C(=O)O)c1ncc(-c2cccc(Br)c2)[nH]1. The quantitative estimate of drug-likeness (QED) is 0.915. The molecule has 0 aliphatic heterocycles. The highest BCUT2D eigenvalue weighted by atomic mass is 79.9. The number of rotatable bonds is 3. The number of nitrogens with one attached hydrogen (secondary N) is 1. The summed E-state index contributed by atoms with van der Waals surface area (Å²) in [4.78, 5) is 18.4. The van der Waals surface area contributed by atoms with Crippen LogP contribution < -0.4 is 0 Å². The summed E-state index contributed by atoms with van der Waals surface area (Å²) in [6, 6.07) is 7.74. The minimum absolute atomic E-state index is 0.449. The Morgan fingerprint density at radius 2 is 2.17 bits per heavy atom. The number of aromatic nitrogens is 2. The molecule has 4 nitrogen and oxygen atoms in total. The molecule has 0 saturated heterocycles. The van der Waals surface area contributed by atoms with E-state index in [1.807, 2.05) is 24.3 Å². The van der Waals surface area contributed by atoms with Crippen molar-refractivity contribution in [3.8, 4) is 11.3 Å². The van der Waals surface area contributed by atoms with Crippen molar-refractivity contribution in [1.82, 2.24) is 9.97 Å². The summed E-state index contributed by atoms with van der Waals surface area (Å²) in [7, 11) is 0. The number of carbonyl (C=O) groups is 1. The number of hydrogen-bond acceptors (Lipinski definition) is 2. The number of hydrogen-bond donors (Lipinski definition) is 2. The molecule has 2 aromatic rings. The Balaban J connectivity index is 2.40. The molecule has 2 N–H and O–H groups in total. The van der Waals surface area contributed by atoms with Crippen LogP contribution in [-0.2, 0) is 10.2 Å². The van der Waals surface area contributed by atoms with Crippen LogP contribution in [0.4, 0.5) is 0 Å². The third kappa shape index (κ3) is 2.31. The van der Waals surface area contributed by atoms with E-state index in [1.165, 1.54) is 0 Å². The number of aliphatic carboxylic acids is 1.